The van der Waals surface area contributed by atoms with Crippen LogP contribution < -0.4 is 4.90 Å². The molecule has 0 aliphatic rings. The van der Waals surface area contributed by atoms with E-state index in [0.29, 0.717) is 5.00 Å². The molecule has 7 heteroatoms. The van der Waals surface area contributed by atoms with Crippen LogP contribution in [0.4, 0.5) is 23.0 Å². The molecule has 17 heavy (non-hydrogen) atoms. The van der Waals surface area contributed by atoms with Gasteiger partial charge in [0.25, 0.3) is 0 Å². The summed E-state index contributed by atoms with van der Waals surface area (Å²) in [6.07, 6.45) is -5.24. The van der Waals surface area contributed by atoms with Crippen LogP contribution in [0.3, 0.4) is 0 Å². The summed E-state index contributed by atoms with van der Waals surface area (Å²) >= 11 is 6.46. The summed E-state index contributed by atoms with van der Waals surface area (Å²) in [4.78, 5) is 12.4. The summed E-state index contributed by atoms with van der Waals surface area (Å²) in [6.45, 7) is 3.48. The molecule has 0 aliphatic carbocycles. The number of carbonyl (C=O) groups excluding carboxylic acids is 1. The van der Waals surface area contributed by atoms with E-state index in [1.165, 1.54) is 16.3 Å². The van der Waals surface area contributed by atoms with E-state index in [0.717, 1.165) is 11.3 Å². The molecule has 0 aromatic carbocycles. The predicted molar refractivity (Wildman–Crippen MR) is 62.9 cm³/mol. The summed E-state index contributed by atoms with van der Waals surface area (Å²) in [5.74, 6) is 0. The fraction of sp³-hybridized carbons (Fsp3) is 0.500. The second kappa shape index (κ2) is 5.27. The third kappa shape index (κ3) is 4.20. The molecular formula is C10H11ClF3NOS. The Kier molecular flexibility index (Phi) is 4.43. The zero-order chi connectivity index (χ0) is 13.2. The molecule has 96 valence electrons. The smallest absolute Gasteiger partial charge is 0.288 e. The Morgan fingerprint density at radius 2 is 2.12 bits per heavy atom. The quantitative estimate of drug-likeness (QED) is 0.594. The molecule has 0 N–H and O–H groups in total. The van der Waals surface area contributed by atoms with Gasteiger partial charge >= 0.3 is 11.5 Å². The molecule has 0 radical (unpaired) electrons. The van der Waals surface area contributed by atoms with Gasteiger partial charge in [-0.15, -0.1) is 11.3 Å². The number of thiophene rings is 1. The Morgan fingerprint density at radius 1 is 1.53 bits per heavy atom. The maximum Gasteiger partial charge on any atom is 0.393 e. The molecular weight excluding hydrogens is 275 g/mol. The van der Waals surface area contributed by atoms with E-state index in [-0.39, 0.29) is 11.6 Å². The molecule has 0 bridgehead atoms. The number of halogens is 4. The van der Waals surface area contributed by atoms with Crippen molar-refractivity contribution in [3.63, 3.8) is 0 Å². The first kappa shape index (κ1) is 14.3. The molecule has 0 spiro atoms. The highest BCUT2D eigenvalue weighted by Crippen LogP contribution is 2.31. The van der Waals surface area contributed by atoms with Crippen LogP contribution in [0.1, 0.15) is 19.4 Å². The van der Waals surface area contributed by atoms with Crippen molar-refractivity contribution in [1.29, 1.82) is 0 Å². The van der Waals surface area contributed by atoms with Crippen molar-refractivity contribution in [2.75, 3.05) is 4.90 Å². The van der Waals surface area contributed by atoms with Crippen LogP contribution in [-0.4, -0.2) is 17.6 Å². The van der Waals surface area contributed by atoms with E-state index >= 15 is 0 Å². The number of amides is 1. The number of nitrogens with zero attached hydrogens (tertiary/aromatic N) is 1. The van der Waals surface area contributed by atoms with Crippen molar-refractivity contribution in [2.45, 2.75) is 32.5 Å². The van der Waals surface area contributed by atoms with Crippen LogP contribution in [0.15, 0.2) is 11.4 Å². The minimum atomic E-state index is -4.24. The van der Waals surface area contributed by atoms with Gasteiger partial charge in [-0.05, 0) is 42.5 Å². The van der Waals surface area contributed by atoms with Crippen molar-refractivity contribution in [3.05, 3.63) is 17.0 Å². The molecule has 1 aromatic heterocycles. The Bertz CT molecular complexity index is 403. The van der Waals surface area contributed by atoms with E-state index in [1.54, 1.807) is 13.8 Å². The average molecular weight is 286 g/mol. The zero-order valence-electron chi connectivity index (χ0n) is 9.21. The molecule has 0 fully saturated rings. The van der Waals surface area contributed by atoms with Crippen LogP contribution in [0, 0.1) is 0 Å². The van der Waals surface area contributed by atoms with Gasteiger partial charge in [0.2, 0.25) is 0 Å². The minimum Gasteiger partial charge on any atom is -0.288 e. The lowest BCUT2D eigenvalue weighted by Gasteiger charge is -2.21. The number of alkyl halides is 3. The summed E-state index contributed by atoms with van der Waals surface area (Å²) < 4.78 is 36.5. The van der Waals surface area contributed by atoms with Crippen molar-refractivity contribution in [2.24, 2.45) is 0 Å². The highest BCUT2D eigenvalue weighted by molar-refractivity contribution is 7.14. The predicted octanol–water partition coefficient (Wildman–Crippen LogP) is 4.43. The Morgan fingerprint density at radius 3 is 2.53 bits per heavy atom. The lowest BCUT2D eigenvalue weighted by Crippen LogP contribution is -2.32. The molecule has 1 amide bonds. The lowest BCUT2D eigenvalue weighted by molar-refractivity contribution is -0.127. The molecule has 0 unspecified atom stereocenters. The summed E-state index contributed by atoms with van der Waals surface area (Å²) in [5, 5.41) is 1.12. The van der Waals surface area contributed by atoms with Gasteiger partial charge in [-0.2, -0.15) is 13.2 Å². The standard InChI is InChI=1S/C10H11ClF3NOS/c1-6(2)15(9(11)16)8-3-7(5-17-8)4-10(12,13)14/h3,5-6H,4H2,1-2H3. The van der Waals surface area contributed by atoms with Gasteiger partial charge in [-0.1, -0.05) is 0 Å². The first-order chi connectivity index (χ1) is 7.70. The van der Waals surface area contributed by atoms with E-state index in [4.69, 9.17) is 11.6 Å². The molecule has 0 aliphatic heterocycles. The highest BCUT2D eigenvalue weighted by atomic mass is 35.5. The maximum absolute atomic E-state index is 12.2. The summed E-state index contributed by atoms with van der Waals surface area (Å²) in [6, 6.07) is 1.15. The molecule has 0 saturated heterocycles. The topological polar surface area (TPSA) is 20.3 Å². The van der Waals surface area contributed by atoms with Crippen LogP contribution in [-0.2, 0) is 6.42 Å². The maximum atomic E-state index is 12.2. The molecule has 1 rings (SSSR count). The fourth-order valence-corrected chi connectivity index (χ4v) is 2.74. The Hall–Kier alpha value is -0.750. The second-order valence-electron chi connectivity index (χ2n) is 3.80. The van der Waals surface area contributed by atoms with Crippen LogP contribution in [0.5, 0.6) is 0 Å². The minimum absolute atomic E-state index is 0.140. The summed E-state index contributed by atoms with van der Waals surface area (Å²) in [7, 11) is 0. The first-order valence-corrected chi connectivity index (χ1v) is 6.09. The van der Waals surface area contributed by atoms with E-state index in [2.05, 4.69) is 0 Å². The molecule has 1 heterocycles. The van der Waals surface area contributed by atoms with E-state index in [1.807, 2.05) is 0 Å². The van der Waals surface area contributed by atoms with Crippen molar-refractivity contribution >= 4 is 33.3 Å². The number of anilines is 1. The van der Waals surface area contributed by atoms with Gasteiger partial charge in [-0.3, -0.25) is 9.69 Å². The normalized spacial score (nSPS) is 11.9. The molecule has 2 nitrogen and oxygen atoms in total. The number of hydrogen-bond acceptors (Lipinski definition) is 2. The first-order valence-electron chi connectivity index (χ1n) is 4.83. The van der Waals surface area contributed by atoms with Gasteiger partial charge in [-0.25, -0.2) is 0 Å². The number of hydrogen-bond donors (Lipinski definition) is 0. The zero-order valence-corrected chi connectivity index (χ0v) is 10.8. The highest BCUT2D eigenvalue weighted by Gasteiger charge is 2.29. The van der Waals surface area contributed by atoms with Crippen molar-refractivity contribution in [1.82, 2.24) is 0 Å². The van der Waals surface area contributed by atoms with Crippen molar-refractivity contribution in [3.8, 4) is 0 Å². The van der Waals surface area contributed by atoms with Gasteiger partial charge in [0.05, 0.1) is 11.4 Å². The van der Waals surface area contributed by atoms with E-state index in [9.17, 15) is 18.0 Å². The van der Waals surface area contributed by atoms with Crippen molar-refractivity contribution < 1.29 is 18.0 Å². The van der Waals surface area contributed by atoms with Gasteiger partial charge in [0.1, 0.15) is 0 Å². The average Bonchev–Trinajstić information content (AvgIpc) is 2.47. The Balaban J connectivity index is 2.89. The third-order valence-corrected chi connectivity index (χ3v) is 3.15. The van der Waals surface area contributed by atoms with Gasteiger partial charge in [0.15, 0.2) is 0 Å². The lowest BCUT2D eigenvalue weighted by atomic mass is 10.2. The van der Waals surface area contributed by atoms with Crippen LogP contribution >= 0.6 is 22.9 Å². The Labute approximate surface area is 106 Å². The molecule has 1 aromatic rings. The van der Waals surface area contributed by atoms with Crippen LogP contribution in [0.2, 0.25) is 0 Å². The third-order valence-electron chi connectivity index (χ3n) is 1.99. The molecule has 0 saturated carbocycles. The fourth-order valence-electron chi connectivity index (χ4n) is 1.36. The second-order valence-corrected chi connectivity index (χ2v) is 5.01. The monoisotopic (exact) mass is 285 g/mol. The van der Waals surface area contributed by atoms with Gasteiger partial charge < -0.3 is 0 Å². The summed E-state index contributed by atoms with van der Waals surface area (Å²) in [5.41, 5.74) is 0.140. The van der Waals surface area contributed by atoms with Gasteiger partial charge in [0, 0.05) is 6.04 Å². The number of carbonyl (C=O) groups is 1. The van der Waals surface area contributed by atoms with E-state index < -0.39 is 18.0 Å². The number of rotatable bonds is 3. The largest absolute Gasteiger partial charge is 0.393 e. The molecule has 0 atom stereocenters. The van der Waals surface area contributed by atoms with Crippen LogP contribution in [0.25, 0.3) is 0 Å². The SMILES string of the molecule is CC(C)N(C(=O)Cl)c1cc(CC(F)(F)F)cs1.